The van der Waals surface area contributed by atoms with Crippen LogP contribution >= 0.6 is 0 Å². The van der Waals surface area contributed by atoms with Gasteiger partial charge in [-0.05, 0) is 18.4 Å². The van der Waals surface area contributed by atoms with Crippen LogP contribution in [-0.2, 0) is 4.79 Å². The van der Waals surface area contributed by atoms with Crippen molar-refractivity contribution >= 4 is 22.8 Å². The number of carboxylic acids is 1. The Morgan fingerprint density at radius 1 is 1.29 bits per heavy atom. The smallest absolute Gasteiger partial charge is 0.308 e. The number of nitrogens with zero attached hydrogens (tertiary/aromatic N) is 1. The SMILES string of the molecule is CC1CC(C(=O)O)CN(C(=O)c2coc3ccccc23)C1. The zero-order valence-electron chi connectivity index (χ0n) is 11.8. The van der Waals surface area contributed by atoms with Crippen molar-refractivity contribution in [2.75, 3.05) is 13.1 Å². The van der Waals surface area contributed by atoms with E-state index in [1.807, 2.05) is 31.2 Å². The number of carboxylic acid groups (broad SMARTS) is 1. The van der Waals surface area contributed by atoms with Crippen molar-refractivity contribution < 1.29 is 19.1 Å². The Bertz CT molecular complexity index is 690. The molecule has 0 saturated carbocycles. The van der Waals surface area contributed by atoms with Crippen LogP contribution in [0.3, 0.4) is 0 Å². The Kier molecular flexibility index (Phi) is 3.41. The molecule has 1 amide bonds. The Labute approximate surface area is 122 Å². The van der Waals surface area contributed by atoms with Crippen LogP contribution in [0.5, 0.6) is 0 Å². The van der Waals surface area contributed by atoms with Gasteiger partial charge in [0, 0.05) is 18.5 Å². The number of furan rings is 1. The van der Waals surface area contributed by atoms with Crippen LogP contribution in [0, 0.1) is 11.8 Å². The second-order valence-corrected chi connectivity index (χ2v) is 5.73. The van der Waals surface area contributed by atoms with Gasteiger partial charge in [-0.15, -0.1) is 0 Å². The van der Waals surface area contributed by atoms with Crippen LogP contribution in [0.1, 0.15) is 23.7 Å². The Hall–Kier alpha value is -2.30. The van der Waals surface area contributed by atoms with E-state index in [2.05, 4.69) is 0 Å². The number of piperidine rings is 1. The summed E-state index contributed by atoms with van der Waals surface area (Å²) >= 11 is 0. The van der Waals surface area contributed by atoms with E-state index in [0.717, 1.165) is 5.39 Å². The Balaban J connectivity index is 1.89. The number of fused-ring (bicyclic) bond motifs is 1. The highest BCUT2D eigenvalue weighted by Crippen LogP contribution is 2.26. The minimum atomic E-state index is -0.837. The lowest BCUT2D eigenvalue weighted by Crippen LogP contribution is -2.45. The Morgan fingerprint density at radius 3 is 2.81 bits per heavy atom. The number of carbonyl (C=O) groups is 2. The highest BCUT2D eigenvalue weighted by Gasteiger charge is 2.33. The molecule has 1 saturated heterocycles. The van der Waals surface area contributed by atoms with Crippen molar-refractivity contribution in [2.24, 2.45) is 11.8 Å². The second kappa shape index (κ2) is 5.24. The van der Waals surface area contributed by atoms with Crippen molar-refractivity contribution in [1.82, 2.24) is 4.90 Å². The summed E-state index contributed by atoms with van der Waals surface area (Å²) in [5.41, 5.74) is 1.17. The average Bonchev–Trinajstić information content (AvgIpc) is 2.89. The summed E-state index contributed by atoms with van der Waals surface area (Å²) < 4.78 is 5.40. The van der Waals surface area contributed by atoms with Crippen LogP contribution < -0.4 is 0 Å². The number of rotatable bonds is 2. The van der Waals surface area contributed by atoms with Gasteiger partial charge < -0.3 is 14.4 Å². The first-order chi connectivity index (χ1) is 10.1. The first-order valence-electron chi connectivity index (χ1n) is 7.04. The van der Waals surface area contributed by atoms with Crippen molar-refractivity contribution in [3.63, 3.8) is 0 Å². The number of carbonyl (C=O) groups excluding carboxylic acids is 1. The summed E-state index contributed by atoms with van der Waals surface area (Å²) in [5, 5.41) is 9.97. The monoisotopic (exact) mass is 287 g/mol. The first kappa shape index (κ1) is 13.7. The lowest BCUT2D eigenvalue weighted by atomic mass is 9.90. The third-order valence-corrected chi connectivity index (χ3v) is 4.01. The number of benzene rings is 1. The van der Waals surface area contributed by atoms with E-state index in [1.165, 1.54) is 6.26 Å². The zero-order chi connectivity index (χ0) is 15.0. The lowest BCUT2D eigenvalue weighted by molar-refractivity contribution is -0.143. The van der Waals surface area contributed by atoms with Gasteiger partial charge in [0.25, 0.3) is 5.91 Å². The molecule has 2 heterocycles. The van der Waals surface area contributed by atoms with Crippen LogP contribution in [0.2, 0.25) is 0 Å². The molecule has 1 aliphatic rings. The summed E-state index contributed by atoms with van der Waals surface area (Å²) in [6.45, 7) is 2.82. The molecule has 1 fully saturated rings. The minimum absolute atomic E-state index is 0.155. The zero-order valence-corrected chi connectivity index (χ0v) is 11.8. The molecule has 0 bridgehead atoms. The van der Waals surface area contributed by atoms with Gasteiger partial charge in [-0.2, -0.15) is 0 Å². The van der Waals surface area contributed by atoms with Crippen molar-refractivity contribution in [1.29, 1.82) is 0 Å². The summed E-state index contributed by atoms with van der Waals surface area (Å²) in [6.07, 6.45) is 2.08. The average molecular weight is 287 g/mol. The number of hydrogen-bond acceptors (Lipinski definition) is 3. The quantitative estimate of drug-likeness (QED) is 0.921. The molecule has 0 aliphatic carbocycles. The van der Waals surface area contributed by atoms with Crippen molar-refractivity contribution in [3.05, 3.63) is 36.1 Å². The van der Waals surface area contributed by atoms with Gasteiger partial charge >= 0.3 is 5.97 Å². The maximum absolute atomic E-state index is 12.7. The molecule has 1 aliphatic heterocycles. The topological polar surface area (TPSA) is 70.8 Å². The summed E-state index contributed by atoms with van der Waals surface area (Å²) in [5.74, 6) is -1.30. The van der Waals surface area contributed by atoms with Gasteiger partial charge in [-0.1, -0.05) is 25.1 Å². The predicted molar refractivity (Wildman–Crippen MR) is 77.0 cm³/mol. The number of aliphatic carboxylic acids is 1. The molecule has 5 heteroatoms. The molecular formula is C16H17NO4. The summed E-state index contributed by atoms with van der Waals surface area (Å²) in [7, 11) is 0. The molecule has 1 aromatic heterocycles. The molecule has 2 aromatic rings. The van der Waals surface area contributed by atoms with Gasteiger partial charge in [0.1, 0.15) is 11.8 Å². The molecule has 0 radical (unpaired) electrons. The van der Waals surface area contributed by atoms with E-state index in [0.29, 0.717) is 24.1 Å². The Morgan fingerprint density at radius 2 is 2.05 bits per heavy atom. The number of amides is 1. The molecule has 2 unspecified atom stereocenters. The van der Waals surface area contributed by atoms with E-state index in [1.54, 1.807) is 4.90 Å². The van der Waals surface area contributed by atoms with E-state index in [9.17, 15) is 14.7 Å². The lowest BCUT2D eigenvalue weighted by Gasteiger charge is -2.34. The molecule has 21 heavy (non-hydrogen) atoms. The van der Waals surface area contributed by atoms with E-state index < -0.39 is 11.9 Å². The summed E-state index contributed by atoms with van der Waals surface area (Å²) in [4.78, 5) is 25.5. The normalized spacial score (nSPS) is 22.4. The van der Waals surface area contributed by atoms with Crippen molar-refractivity contribution in [3.8, 4) is 0 Å². The molecule has 1 aromatic carbocycles. The second-order valence-electron chi connectivity index (χ2n) is 5.73. The van der Waals surface area contributed by atoms with Gasteiger partial charge in [-0.25, -0.2) is 0 Å². The van der Waals surface area contributed by atoms with Crippen LogP contribution in [0.4, 0.5) is 0 Å². The number of likely N-dealkylation sites (tertiary alicyclic amines) is 1. The highest BCUT2D eigenvalue weighted by atomic mass is 16.4. The molecule has 5 nitrogen and oxygen atoms in total. The van der Waals surface area contributed by atoms with Gasteiger partial charge in [0.2, 0.25) is 0 Å². The third kappa shape index (κ3) is 2.51. The molecule has 110 valence electrons. The molecular weight excluding hydrogens is 270 g/mol. The molecule has 0 spiro atoms. The number of hydrogen-bond donors (Lipinski definition) is 1. The maximum Gasteiger partial charge on any atom is 0.308 e. The predicted octanol–water partition coefficient (Wildman–Crippen LogP) is 2.62. The maximum atomic E-state index is 12.7. The summed E-state index contributed by atoms with van der Waals surface area (Å²) in [6, 6.07) is 7.36. The fourth-order valence-electron chi connectivity index (χ4n) is 3.01. The van der Waals surface area contributed by atoms with Crippen LogP contribution in [0.25, 0.3) is 11.0 Å². The largest absolute Gasteiger partial charge is 0.481 e. The molecule has 1 N–H and O–H groups in total. The molecule has 2 atom stereocenters. The van der Waals surface area contributed by atoms with Gasteiger partial charge in [0.15, 0.2) is 0 Å². The first-order valence-corrected chi connectivity index (χ1v) is 7.04. The van der Waals surface area contributed by atoms with E-state index >= 15 is 0 Å². The minimum Gasteiger partial charge on any atom is -0.481 e. The van der Waals surface area contributed by atoms with Gasteiger partial charge in [0.05, 0.1) is 11.5 Å². The third-order valence-electron chi connectivity index (χ3n) is 4.01. The van der Waals surface area contributed by atoms with E-state index in [-0.39, 0.29) is 18.4 Å². The van der Waals surface area contributed by atoms with Crippen molar-refractivity contribution in [2.45, 2.75) is 13.3 Å². The fraction of sp³-hybridized carbons (Fsp3) is 0.375. The van der Waals surface area contributed by atoms with E-state index in [4.69, 9.17) is 4.42 Å². The molecule has 3 rings (SSSR count). The van der Waals surface area contributed by atoms with Gasteiger partial charge in [-0.3, -0.25) is 9.59 Å². The number of para-hydroxylation sites is 1. The fourth-order valence-corrected chi connectivity index (χ4v) is 3.01. The standard InChI is InChI=1S/C16H17NO4/c1-10-6-11(16(19)20)8-17(7-10)15(18)13-9-21-14-5-3-2-4-12(13)14/h2-5,9-11H,6-8H2,1H3,(H,19,20). The van der Waals surface area contributed by atoms with Crippen LogP contribution in [-0.4, -0.2) is 35.0 Å². The van der Waals surface area contributed by atoms with Crippen LogP contribution in [0.15, 0.2) is 34.9 Å². The highest BCUT2D eigenvalue weighted by molar-refractivity contribution is 6.06.